The van der Waals surface area contributed by atoms with E-state index in [-0.39, 0.29) is 0 Å². The van der Waals surface area contributed by atoms with Crippen LogP contribution >= 0.6 is 39.3 Å². The van der Waals surface area contributed by atoms with Crippen LogP contribution in [0.25, 0.3) is 0 Å². The molecule has 0 bridgehead atoms. The van der Waals surface area contributed by atoms with Crippen LogP contribution in [-0.2, 0) is 0 Å². The summed E-state index contributed by atoms with van der Waals surface area (Å²) in [6.07, 6.45) is 0. The number of hydrogen-bond donors (Lipinski definition) is 1. The summed E-state index contributed by atoms with van der Waals surface area (Å²) in [6, 6.07) is 5.62. The molecule has 2 rings (SSSR count). The second kappa shape index (κ2) is 4.99. The summed E-state index contributed by atoms with van der Waals surface area (Å²) in [5, 5.41) is 3.42. The van der Waals surface area contributed by atoms with E-state index in [0.717, 1.165) is 21.9 Å². The maximum atomic E-state index is 5.85. The molecular weight excluding hydrogens is 314 g/mol. The Morgan fingerprint density at radius 3 is 2.88 bits per heavy atom. The van der Waals surface area contributed by atoms with Crippen LogP contribution in [-0.4, -0.2) is 15.9 Å². The zero-order chi connectivity index (χ0) is 11.5. The van der Waals surface area contributed by atoms with Gasteiger partial charge in [0.2, 0.25) is 0 Å². The molecule has 1 heterocycles. The lowest BCUT2D eigenvalue weighted by molar-refractivity contribution is 0.416. The van der Waals surface area contributed by atoms with Crippen LogP contribution in [0.1, 0.15) is 0 Å². The molecule has 0 saturated heterocycles. The number of anilines is 2. The van der Waals surface area contributed by atoms with E-state index in [1.807, 2.05) is 18.2 Å². The van der Waals surface area contributed by atoms with Gasteiger partial charge in [0, 0.05) is 4.47 Å². The molecule has 0 aliphatic heterocycles. The Hall–Kier alpha value is -0.850. The summed E-state index contributed by atoms with van der Waals surface area (Å²) >= 11 is 10.3. The summed E-state index contributed by atoms with van der Waals surface area (Å²) in [6.45, 7) is 0. The Bertz CT molecular complexity index is 505. The minimum atomic E-state index is 0.354. The SMILES string of the molecule is COc1ccc(Br)cc1Nc1nsnc1Cl. The Balaban J connectivity index is 2.33. The molecule has 2 aromatic rings. The maximum Gasteiger partial charge on any atom is 0.187 e. The highest BCUT2D eigenvalue weighted by molar-refractivity contribution is 9.10. The molecular formula is C9H7BrClN3OS. The van der Waals surface area contributed by atoms with Gasteiger partial charge in [-0.1, -0.05) is 27.5 Å². The van der Waals surface area contributed by atoms with E-state index < -0.39 is 0 Å². The van der Waals surface area contributed by atoms with Gasteiger partial charge in [0.25, 0.3) is 0 Å². The van der Waals surface area contributed by atoms with Crippen LogP contribution in [0, 0.1) is 0 Å². The third-order valence-corrected chi connectivity index (χ3v) is 3.25. The van der Waals surface area contributed by atoms with Gasteiger partial charge in [-0.2, -0.15) is 8.75 Å². The molecule has 7 heteroatoms. The first kappa shape index (κ1) is 11.6. The zero-order valence-corrected chi connectivity index (χ0v) is 11.4. The van der Waals surface area contributed by atoms with Crippen molar-refractivity contribution in [1.82, 2.24) is 8.75 Å². The van der Waals surface area contributed by atoms with Gasteiger partial charge in [-0.3, -0.25) is 0 Å². The van der Waals surface area contributed by atoms with Gasteiger partial charge in [-0.15, -0.1) is 0 Å². The first-order valence-corrected chi connectivity index (χ1v) is 6.19. The highest BCUT2D eigenvalue weighted by atomic mass is 79.9. The molecule has 16 heavy (non-hydrogen) atoms. The van der Waals surface area contributed by atoms with Crippen molar-refractivity contribution in [2.75, 3.05) is 12.4 Å². The number of hydrogen-bond acceptors (Lipinski definition) is 5. The lowest BCUT2D eigenvalue weighted by Crippen LogP contribution is -1.95. The fourth-order valence-electron chi connectivity index (χ4n) is 1.16. The second-order valence-electron chi connectivity index (χ2n) is 2.87. The zero-order valence-electron chi connectivity index (χ0n) is 8.20. The first-order chi connectivity index (χ1) is 7.70. The average Bonchev–Trinajstić information content (AvgIpc) is 2.65. The quantitative estimate of drug-likeness (QED) is 0.936. The number of halogens is 2. The number of rotatable bonds is 3. The Morgan fingerprint density at radius 2 is 2.25 bits per heavy atom. The summed E-state index contributed by atoms with van der Waals surface area (Å²) in [5.74, 6) is 1.25. The third kappa shape index (κ3) is 2.45. The van der Waals surface area contributed by atoms with Crippen LogP contribution in [0.3, 0.4) is 0 Å². The van der Waals surface area contributed by atoms with Crippen LogP contribution in [0.5, 0.6) is 5.75 Å². The fraction of sp³-hybridized carbons (Fsp3) is 0.111. The molecule has 84 valence electrons. The summed E-state index contributed by atoms with van der Waals surface area (Å²) in [4.78, 5) is 0. The van der Waals surface area contributed by atoms with Crippen LogP contribution in [0.15, 0.2) is 22.7 Å². The standard InChI is InChI=1S/C9H7BrClN3OS/c1-15-7-3-2-5(10)4-6(7)12-9-8(11)13-16-14-9/h2-4H,1H3,(H,12,14). The molecule has 0 aliphatic rings. The number of aromatic nitrogens is 2. The van der Waals surface area contributed by atoms with Crippen molar-refractivity contribution in [3.8, 4) is 5.75 Å². The number of nitrogens with zero attached hydrogens (tertiary/aromatic N) is 2. The van der Waals surface area contributed by atoms with Crippen molar-refractivity contribution in [1.29, 1.82) is 0 Å². The van der Waals surface area contributed by atoms with Crippen molar-refractivity contribution in [2.24, 2.45) is 0 Å². The Morgan fingerprint density at radius 1 is 1.44 bits per heavy atom. The maximum absolute atomic E-state index is 5.85. The van der Waals surface area contributed by atoms with Gasteiger partial charge in [0.15, 0.2) is 11.0 Å². The molecule has 1 N–H and O–H groups in total. The van der Waals surface area contributed by atoms with Crippen molar-refractivity contribution in [3.63, 3.8) is 0 Å². The molecule has 0 amide bonds. The number of methoxy groups -OCH3 is 1. The molecule has 0 unspecified atom stereocenters. The lowest BCUT2D eigenvalue weighted by atomic mass is 10.3. The second-order valence-corrected chi connectivity index (χ2v) is 4.68. The molecule has 0 aliphatic carbocycles. The first-order valence-electron chi connectivity index (χ1n) is 4.29. The van der Waals surface area contributed by atoms with Crippen molar-refractivity contribution in [3.05, 3.63) is 27.8 Å². The smallest absolute Gasteiger partial charge is 0.187 e. The molecule has 4 nitrogen and oxygen atoms in total. The van der Waals surface area contributed by atoms with E-state index >= 15 is 0 Å². The summed E-state index contributed by atoms with van der Waals surface area (Å²) in [5.41, 5.74) is 0.784. The molecule has 0 radical (unpaired) electrons. The monoisotopic (exact) mass is 319 g/mol. The Labute approximate surface area is 110 Å². The van der Waals surface area contributed by atoms with E-state index in [1.54, 1.807) is 7.11 Å². The molecule has 0 fully saturated rings. The van der Waals surface area contributed by atoms with E-state index in [2.05, 4.69) is 30.0 Å². The minimum Gasteiger partial charge on any atom is -0.495 e. The number of ether oxygens (including phenoxy) is 1. The van der Waals surface area contributed by atoms with Crippen molar-refractivity contribution < 1.29 is 4.74 Å². The van der Waals surface area contributed by atoms with Gasteiger partial charge in [-0.05, 0) is 18.2 Å². The highest BCUT2D eigenvalue weighted by Crippen LogP contribution is 2.32. The molecule has 0 atom stereocenters. The molecule has 1 aromatic carbocycles. The van der Waals surface area contributed by atoms with E-state index in [4.69, 9.17) is 16.3 Å². The van der Waals surface area contributed by atoms with Crippen LogP contribution in [0.2, 0.25) is 5.15 Å². The van der Waals surface area contributed by atoms with Crippen molar-refractivity contribution >= 4 is 50.8 Å². The van der Waals surface area contributed by atoms with E-state index in [0.29, 0.717) is 16.7 Å². The predicted molar refractivity (Wildman–Crippen MR) is 68.9 cm³/mol. The third-order valence-electron chi connectivity index (χ3n) is 1.86. The van der Waals surface area contributed by atoms with Gasteiger partial charge in [-0.25, -0.2) is 0 Å². The highest BCUT2D eigenvalue weighted by Gasteiger charge is 2.09. The van der Waals surface area contributed by atoms with Gasteiger partial charge >= 0.3 is 0 Å². The Kier molecular flexibility index (Phi) is 3.63. The van der Waals surface area contributed by atoms with Crippen LogP contribution in [0.4, 0.5) is 11.5 Å². The lowest BCUT2D eigenvalue weighted by Gasteiger charge is -2.09. The van der Waals surface area contributed by atoms with E-state index in [9.17, 15) is 0 Å². The van der Waals surface area contributed by atoms with E-state index in [1.165, 1.54) is 0 Å². The minimum absolute atomic E-state index is 0.354. The normalized spacial score (nSPS) is 10.2. The molecule has 0 saturated carbocycles. The number of nitrogens with one attached hydrogen (secondary N) is 1. The van der Waals surface area contributed by atoms with Crippen LogP contribution < -0.4 is 10.1 Å². The van der Waals surface area contributed by atoms with Gasteiger partial charge in [0.05, 0.1) is 24.5 Å². The van der Waals surface area contributed by atoms with Crippen molar-refractivity contribution in [2.45, 2.75) is 0 Å². The summed E-state index contributed by atoms with van der Waals surface area (Å²) < 4.78 is 14.1. The molecule has 0 spiro atoms. The average molecular weight is 321 g/mol. The molecule has 1 aromatic heterocycles. The van der Waals surface area contributed by atoms with Gasteiger partial charge in [0.1, 0.15) is 5.75 Å². The van der Waals surface area contributed by atoms with Gasteiger partial charge < -0.3 is 10.1 Å². The predicted octanol–water partition coefficient (Wildman–Crippen LogP) is 3.71. The number of benzene rings is 1. The largest absolute Gasteiger partial charge is 0.495 e. The topological polar surface area (TPSA) is 47.0 Å². The summed E-state index contributed by atoms with van der Waals surface area (Å²) in [7, 11) is 1.61. The fourth-order valence-corrected chi connectivity index (χ4v) is 2.16.